The summed E-state index contributed by atoms with van der Waals surface area (Å²) < 4.78 is 67.9. The molecule has 2 unspecified atom stereocenters. The second-order valence-corrected chi connectivity index (χ2v) is 27.7. The quantitative estimate of drug-likeness (QED) is 0.0222. The van der Waals surface area contributed by atoms with Crippen LogP contribution in [-0.4, -0.2) is 96.7 Å². The van der Waals surface area contributed by atoms with E-state index < -0.39 is 97.5 Å². The topological polar surface area (TPSA) is 237 Å². The first-order valence-electron chi connectivity index (χ1n) is 34.5. The van der Waals surface area contributed by atoms with Crippen LogP contribution in [0.2, 0.25) is 0 Å². The van der Waals surface area contributed by atoms with Crippen molar-refractivity contribution in [1.82, 2.24) is 0 Å². The first-order valence-corrected chi connectivity index (χ1v) is 37.5. The maximum Gasteiger partial charge on any atom is 0.472 e. The van der Waals surface area contributed by atoms with Crippen LogP contribution >= 0.6 is 15.6 Å². The summed E-state index contributed by atoms with van der Waals surface area (Å²) in [5, 5.41) is 10.5. The molecule has 0 fully saturated rings. The van der Waals surface area contributed by atoms with Gasteiger partial charge in [0.25, 0.3) is 0 Å². The van der Waals surface area contributed by atoms with Gasteiger partial charge in [0.05, 0.1) is 26.4 Å². The standard InChI is InChI=1S/C66H128O17P2/c1-7-9-11-13-28-36-42-48-63(68)76-54-61(82-65(70)50-44-38-29-14-12-10-8-2)56-80-84(72,73)78-52-60(67)53-79-85(74,75)81-57-62(55-77-64(69)49-43-37-32-26-22-19-18-21-25-31-35-41-47-59(5)6)83-66(71)51-45-39-33-27-23-17-15-16-20-24-30-34-40-46-58(3)4/h58-62,67H,7-57H2,1-6H3,(H,72,73)(H,74,75)/t60-,61+,62+/m0/s1. The molecule has 5 atom stereocenters. The van der Waals surface area contributed by atoms with Gasteiger partial charge in [0.2, 0.25) is 0 Å². The average molecular weight is 1260 g/mol. The Morgan fingerprint density at radius 3 is 0.800 bits per heavy atom. The number of phosphoric acid groups is 2. The molecule has 0 heterocycles. The highest BCUT2D eigenvalue weighted by Gasteiger charge is 2.30. The molecule has 0 radical (unpaired) electrons. The predicted octanol–water partition coefficient (Wildman–Crippen LogP) is 18.4. The van der Waals surface area contributed by atoms with Gasteiger partial charge in [-0.2, -0.15) is 0 Å². The van der Waals surface area contributed by atoms with Crippen molar-refractivity contribution in [3.8, 4) is 0 Å². The van der Waals surface area contributed by atoms with Crippen LogP contribution < -0.4 is 0 Å². The Morgan fingerprint density at radius 1 is 0.318 bits per heavy atom. The number of phosphoric ester groups is 2. The number of carbonyl (C=O) groups excluding carboxylic acids is 4. The second kappa shape index (κ2) is 58.4. The van der Waals surface area contributed by atoms with Gasteiger partial charge in [0.1, 0.15) is 19.3 Å². The van der Waals surface area contributed by atoms with Crippen LogP contribution in [0.3, 0.4) is 0 Å². The Kier molecular flexibility index (Phi) is 57.1. The number of esters is 4. The van der Waals surface area contributed by atoms with Gasteiger partial charge in [-0.3, -0.25) is 37.3 Å². The van der Waals surface area contributed by atoms with Gasteiger partial charge in [0, 0.05) is 25.7 Å². The van der Waals surface area contributed by atoms with Crippen LogP contribution in [0, 0.1) is 11.8 Å². The summed E-state index contributed by atoms with van der Waals surface area (Å²) in [5.41, 5.74) is 0. The summed E-state index contributed by atoms with van der Waals surface area (Å²) >= 11 is 0. The average Bonchev–Trinajstić information content (AvgIpc) is 3.52. The molecule has 0 saturated heterocycles. The molecule has 0 saturated carbocycles. The maximum absolute atomic E-state index is 13.0. The van der Waals surface area contributed by atoms with Gasteiger partial charge < -0.3 is 33.8 Å². The minimum absolute atomic E-state index is 0.103. The third kappa shape index (κ3) is 60.7. The largest absolute Gasteiger partial charge is 0.472 e. The molecule has 0 aromatic carbocycles. The minimum atomic E-state index is -4.95. The summed E-state index contributed by atoms with van der Waals surface area (Å²) in [5.74, 6) is -0.570. The van der Waals surface area contributed by atoms with E-state index in [0.29, 0.717) is 25.7 Å². The smallest absolute Gasteiger partial charge is 0.462 e. The van der Waals surface area contributed by atoms with Crippen molar-refractivity contribution in [1.29, 1.82) is 0 Å². The Morgan fingerprint density at radius 2 is 0.541 bits per heavy atom. The SMILES string of the molecule is CCCCCCCCCC(=O)OC[C@H](COP(=O)(O)OC[C@H](O)COP(=O)(O)OC[C@@H](COC(=O)CCCCCCCCCCCCCCC(C)C)OC(=O)CCCCCCCCCCCCCCCC(C)C)OC(=O)CCCCCCCCC. The van der Waals surface area contributed by atoms with Gasteiger partial charge in [-0.1, -0.05) is 279 Å². The van der Waals surface area contributed by atoms with Gasteiger partial charge >= 0.3 is 39.5 Å². The van der Waals surface area contributed by atoms with Gasteiger partial charge in [-0.15, -0.1) is 0 Å². The fraction of sp³-hybridized carbons (Fsp3) is 0.939. The first kappa shape index (κ1) is 83.1. The molecule has 17 nitrogen and oxygen atoms in total. The van der Waals surface area contributed by atoms with Crippen molar-refractivity contribution in [3.05, 3.63) is 0 Å². The van der Waals surface area contributed by atoms with Crippen LogP contribution in [-0.2, 0) is 65.4 Å². The van der Waals surface area contributed by atoms with Crippen LogP contribution in [0.5, 0.6) is 0 Å². The third-order valence-corrected chi connectivity index (χ3v) is 17.1. The summed E-state index contributed by atoms with van der Waals surface area (Å²) in [6.45, 7) is 9.46. The van der Waals surface area contributed by atoms with E-state index in [1.807, 2.05) is 0 Å². The molecule has 0 aliphatic heterocycles. The normalized spacial score (nSPS) is 14.2. The van der Waals surface area contributed by atoms with Crippen molar-refractivity contribution < 1.29 is 80.2 Å². The maximum atomic E-state index is 13.0. The lowest BCUT2D eigenvalue weighted by Crippen LogP contribution is -2.30. The molecule has 0 rings (SSSR count). The highest BCUT2D eigenvalue weighted by atomic mass is 31.2. The van der Waals surface area contributed by atoms with E-state index in [2.05, 4.69) is 41.5 Å². The zero-order valence-corrected chi connectivity index (χ0v) is 56.7. The minimum Gasteiger partial charge on any atom is -0.462 e. The molecule has 0 bridgehead atoms. The number of aliphatic hydroxyl groups excluding tert-OH is 1. The number of hydrogen-bond acceptors (Lipinski definition) is 15. The van der Waals surface area contributed by atoms with Crippen molar-refractivity contribution in [2.75, 3.05) is 39.6 Å². The number of hydrogen-bond donors (Lipinski definition) is 3. The van der Waals surface area contributed by atoms with Crippen molar-refractivity contribution in [2.45, 2.75) is 349 Å². The summed E-state index contributed by atoms with van der Waals surface area (Å²) in [4.78, 5) is 72.1. The molecule has 85 heavy (non-hydrogen) atoms. The molecule has 0 aromatic heterocycles. The summed E-state index contributed by atoms with van der Waals surface area (Å²) in [6, 6.07) is 0. The summed E-state index contributed by atoms with van der Waals surface area (Å²) in [7, 11) is -9.88. The number of rotatable bonds is 65. The van der Waals surface area contributed by atoms with Crippen LogP contribution in [0.25, 0.3) is 0 Å². The third-order valence-electron chi connectivity index (χ3n) is 15.2. The number of ether oxygens (including phenoxy) is 4. The van der Waals surface area contributed by atoms with E-state index in [-0.39, 0.29) is 25.7 Å². The van der Waals surface area contributed by atoms with Crippen LogP contribution in [0.4, 0.5) is 0 Å². The lowest BCUT2D eigenvalue weighted by molar-refractivity contribution is -0.161. The van der Waals surface area contributed by atoms with Crippen molar-refractivity contribution in [2.24, 2.45) is 11.8 Å². The molecular weight excluding hydrogens is 1130 g/mol. The Balaban J connectivity index is 5.17. The lowest BCUT2D eigenvalue weighted by atomic mass is 10.0. The number of aliphatic hydroxyl groups is 1. The highest BCUT2D eigenvalue weighted by Crippen LogP contribution is 2.45. The summed E-state index contributed by atoms with van der Waals surface area (Å²) in [6.07, 6.45) is 41.9. The molecule has 0 aromatic rings. The van der Waals surface area contributed by atoms with Gasteiger partial charge in [0.15, 0.2) is 12.2 Å². The molecule has 3 N–H and O–H groups in total. The molecular formula is C66H128O17P2. The monoisotopic (exact) mass is 1250 g/mol. The van der Waals surface area contributed by atoms with E-state index in [0.717, 1.165) is 127 Å². The first-order chi connectivity index (χ1) is 40.9. The number of carbonyl (C=O) groups is 4. The molecule has 0 spiro atoms. The fourth-order valence-electron chi connectivity index (χ4n) is 9.88. The second-order valence-electron chi connectivity index (χ2n) is 24.8. The Bertz CT molecular complexity index is 1670. The van der Waals surface area contributed by atoms with Crippen LogP contribution in [0.15, 0.2) is 0 Å². The van der Waals surface area contributed by atoms with Gasteiger partial charge in [-0.25, -0.2) is 9.13 Å². The zero-order chi connectivity index (χ0) is 62.9. The van der Waals surface area contributed by atoms with Gasteiger partial charge in [-0.05, 0) is 37.5 Å². The molecule has 19 heteroatoms. The molecule has 0 aliphatic rings. The predicted molar refractivity (Wildman–Crippen MR) is 340 cm³/mol. The number of unbranched alkanes of at least 4 members (excludes halogenated alkanes) is 35. The Hall–Kier alpha value is -1.94. The van der Waals surface area contributed by atoms with Crippen LogP contribution in [0.1, 0.15) is 330 Å². The highest BCUT2D eigenvalue weighted by molar-refractivity contribution is 7.47. The molecule has 504 valence electrons. The molecule has 0 aliphatic carbocycles. The lowest BCUT2D eigenvalue weighted by Gasteiger charge is -2.21. The van der Waals surface area contributed by atoms with E-state index in [9.17, 15) is 43.2 Å². The zero-order valence-electron chi connectivity index (χ0n) is 54.9. The van der Waals surface area contributed by atoms with E-state index >= 15 is 0 Å². The fourth-order valence-corrected chi connectivity index (χ4v) is 11.5. The van der Waals surface area contributed by atoms with E-state index in [1.54, 1.807) is 0 Å². The van der Waals surface area contributed by atoms with Crippen molar-refractivity contribution >= 4 is 39.5 Å². The Labute approximate surface area is 517 Å². The van der Waals surface area contributed by atoms with E-state index in [4.69, 9.17) is 37.0 Å². The van der Waals surface area contributed by atoms with E-state index in [1.165, 1.54) is 122 Å². The molecule has 0 amide bonds. The van der Waals surface area contributed by atoms with Crippen molar-refractivity contribution in [3.63, 3.8) is 0 Å².